The molecule has 0 aliphatic rings. The van der Waals surface area contributed by atoms with E-state index in [4.69, 9.17) is 11.6 Å². The van der Waals surface area contributed by atoms with E-state index in [0.717, 1.165) is 0 Å². The molecule has 0 atom stereocenters. The highest BCUT2D eigenvalue weighted by Gasteiger charge is 2.38. The van der Waals surface area contributed by atoms with Gasteiger partial charge in [-0.2, -0.15) is 13.2 Å². The van der Waals surface area contributed by atoms with Gasteiger partial charge < -0.3 is 4.74 Å². The number of carbonyl (C=O) groups excluding carboxylic acids is 1. The summed E-state index contributed by atoms with van der Waals surface area (Å²) in [6, 6.07) is 0.666. The fourth-order valence-electron chi connectivity index (χ4n) is 1.40. The van der Waals surface area contributed by atoms with Crippen LogP contribution in [0.3, 0.4) is 0 Å². The smallest absolute Gasteiger partial charge is 0.434 e. The van der Waals surface area contributed by atoms with Crippen molar-refractivity contribution in [3.05, 3.63) is 28.0 Å². The number of ether oxygens (including phenoxy) is 1. The number of halogens is 6. The molecule has 1 aromatic rings. The Morgan fingerprint density at radius 2 is 2.05 bits per heavy atom. The fraction of sp³-hybridized carbons (Fsp3) is 0.455. The van der Waals surface area contributed by atoms with Gasteiger partial charge in [0, 0.05) is 5.56 Å². The van der Waals surface area contributed by atoms with Crippen LogP contribution >= 0.6 is 11.6 Å². The summed E-state index contributed by atoms with van der Waals surface area (Å²) in [5.74, 6) is -0.865. The summed E-state index contributed by atoms with van der Waals surface area (Å²) in [5, 5.41) is -1.17. The highest BCUT2D eigenvalue weighted by Crippen LogP contribution is 2.38. The first-order chi connectivity index (χ1) is 9.16. The van der Waals surface area contributed by atoms with Crippen LogP contribution in [0, 0.1) is 0 Å². The predicted molar refractivity (Wildman–Crippen MR) is 59.5 cm³/mol. The van der Waals surface area contributed by atoms with Crippen molar-refractivity contribution in [2.75, 3.05) is 6.61 Å². The second-order valence-corrected chi connectivity index (χ2v) is 4.02. The third-order valence-corrected chi connectivity index (χ3v) is 2.57. The minimum Gasteiger partial charge on any atom is -0.466 e. The molecule has 0 saturated carbocycles. The first-order valence-electron chi connectivity index (χ1n) is 5.37. The zero-order valence-corrected chi connectivity index (χ0v) is 10.9. The third-order valence-electron chi connectivity index (χ3n) is 2.17. The Morgan fingerprint density at radius 1 is 1.45 bits per heavy atom. The zero-order valence-electron chi connectivity index (χ0n) is 10.1. The topological polar surface area (TPSA) is 39.2 Å². The van der Waals surface area contributed by atoms with Gasteiger partial charge in [0.1, 0.15) is 0 Å². The van der Waals surface area contributed by atoms with Crippen LogP contribution in [0.15, 0.2) is 6.07 Å². The van der Waals surface area contributed by atoms with E-state index >= 15 is 0 Å². The Bertz CT molecular complexity index is 504. The van der Waals surface area contributed by atoms with Crippen LogP contribution in [0.1, 0.15) is 30.3 Å². The molecule has 9 heteroatoms. The lowest BCUT2D eigenvalue weighted by atomic mass is 10.1. The van der Waals surface area contributed by atoms with Gasteiger partial charge in [0.25, 0.3) is 6.43 Å². The van der Waals surface area contributed by atoms with Gasteiger partial charge >= 0.3 is 12.1 Å². The number of nitrogens with zero attached hydrogens (tertiary/aromatic N) is 1. The van der Waals surface area contributed by atoms with Gasteiger partial charge in [-0.1, -0.05) is 11.6 Å². The summed E-state index contributed by atoms with van der Waals surface area (Å²) in [4.78, 5) is 14.3. The number of rotatable bonds is 4. The SMILES string of the molecule is CCOC(=O)Cc1cc(C(F)F)c(Cl)c(C(F)(F)F)n1. The zero-order chi connectivity index (χ0) is 15.5. The van der Waals surface area contributed by atoms with E-state index in [9.17, 15) is 26.7 Å². The molecule has 1 rings (SSSR count). The molecule has 0 amide bonds. The number of alkyl halides is 5. The minimum absolute atomic E-state index is 0.0141. The molecule has 1 heterocycles. The summed E-state index contributed by atoms with van der Waals surface area (Å²) in [5.41, 5.74) is -3.14. The van der Waals surface area contributed by atoms with E-state index in [1.54, 1.807) is 0 Å². The van der Waals surface area contributed by atoms with Crippen LogP contribution < -0.4 is 0 Å². The van der Waals surface area contributed by atoms with E-state index in [0.29, 0.717) is 6.07 Å². The van der Waals surface area contributed by atoms with Crippen molar-refractivity contribution < 1.29 is 31.5 Å². The fourth-order valence-corrected chi connectivity index (χ4v) is 1.69. The maximum Gasteiger partial charge on any atom is 0.434 e. The Kier molecular flexibility index (Phi) is 5.27. The molecule has 3 nitrogen and oxygen atoms in total. The highest BCUT2D eigenvalue weighted by atomic mass is 35.5. The summed E-state index contributed by atoms with van der Waals surface area (Å²) in [6.45, 7) is 1.51. The normalized spacial score (nSPS) is 11.8. The minimum atomic E-state index is -4.99. The summed E-state index contributed by atoms with van der Waals surface area (Å²) < 4.78 is 67.8. The van der Waals surface area contributed by atoms with E-state index in [-0.39, 0.29) is 6.61 Å². The Balaban J connectivity index is 3.26. The molecule has 0 radical (unpaired) electrons. The van der Waals surface area contributed by atoms with Crippen LogP contribution in [0.5, 0.6) is 0 Å². The van der Waals surface area contributed by atoms with Gasteiger partial charge in [-0.15, -0.1) is 0 Å². The average molecular weight is 318 g/mol. The molecule has 0 aromatic carbocycles. The highest BCUT2D eigenvalue weighted by molar-refractivity contribution is 6.32. The van der Waals surface area contributed by atoms with Crippen LogP contribution in [-0.2, 0) is 22.1 Å². The Morgan fingerprint density at radius 3 is 2.50 bits per heavy atom. The maximum atomic E-state index is 12.7. The van der Waals surface area contributed by atoms with Gasteiger partial charge in [0.15, 0.2) is 5.69 Å². The third kappa shape index (κ3) is 4.03. The number of esters is 1. The molecule has 0 bridgehead atoms. The van der Waals surface area contributed by atoms with Gasteiger partial charge in [-0.05, 0) is 13.0 Å². The second kappa shape index (κ2) is 6.34. The monoisotopic (exact) mass is 317 g/mol. The average Bonchev–Trinajstić information content (AvgIpc) is 2.29. The molecule has 0 spiro atoms. The van der Waals surface area contributed by atoms with Crippen molar-refractivity contribution in [3.8, 4) is 0 Å². The predicted octanol–water partition coefficient (Wildman–Crippen LogP) is 3.80. The number of hydrogen-bond donors (Lipinski definition) is 0. The number of aromatic nitrogens is 1. The van der Waals surface area contributed by atoms with Crippen molar-refractivity contribution in [1.82, 2.24) is 4.98 Å². The molecule has 0 unspecified atom stereocenters. The molecule has 0 N–H and O–H groups in total. The van der Waals surface area contributed by atoms with Crippen molar-refractivity contribution in [3.63, 3.8) is 0 Å². The Labute approximate surface area is 115 Å². The number of pyridine rings is 1. The maximum absolute atomic E-state index is 12.7. The van der Waals surface area contributed by atoms with Gasteiger partial charge in [0.2, 0.25) is 0 Å². The van der Waals surface area contributed by atoms with Crippen LogP contribution in [0.25, 0.3) is 0 Å². The summed E-state index contributed by atoms with van der Waals surface area (Å²) in [6.07, 6.45) is -8.85. The van der Waals surface area contributed by atoms with Crippen molar-refractivity contribution >= 4 is 17.6 Å². The van der Waals surface area contributed by atoms with E-state index in [2.05, 4.69) is 9.72 Å². The van der Waals surface area contributed by atoms with Crippen LogP contribution in [-0.4, -0.2) is 17.6 Å². The lowest BCUT2D eigenvalue weighted by Gasteiger charge is -2.13. The molecular weight excluding hydrogens is 309 g/mol. The molecule has 0 aliphatic heterocycles. The molecule has 1 aromatic heterocycles. The first-order valence-corrected chi connectivity index (χ1v) is 5.74. The summed E-state index contributed by atoms with van der Waals surface area (Å²) in [7, 11) is 0. The standard InChI is InChI=1S/C11H9ClF5NO2/c1-2-20-7(19)4-5-3-6(10(13)14)8(12)9(18-5)11(15,16)17/h3,10H,2,4H2,1H3. The van der Waals surface area contributed by atoms with E-state index < -0.39 is 47.0 Å². The van der Waals surface area contributed by atoms with Crippen LogP contribution in [0.4, 0.5) is 22.0 Å². The molecule has 112 valence electrons. The molecular formula is C11H9ClF5NO2. The van der Waals surface area contributed by atoms with Gasteiger partial charge in [0.05, 0.1) is 23.7 Å². The van der Waals surface area contributed by atoms with E-state index in [1.165, 1.54) is 6.92 Å². The quantitative estimate of drug-likeness (QED) is 0.626. The largest absolute Gasteiger partial charge is 0.466 e. The van der Waals surface area contributed by atoms with E-state index in [1.807, 2.05) is 0 Å². The van der Waals surface area contributed by atoms with Crippen molar-refractivity contribution in [2.45, 2.75) is 25.9 Å². The van der Waals surface area contributed by atoms with Crippen LogP contribution in [0.2, 0.25) is 5.02 Å². The lowest BCUT2D eigenvalue weighted by molar-refractivity contribution is -0.144. The summed E-state index contributed by atoms with van der Waals surface area (Å²) >= 11 is 5.28. The second-order valence-electron chi connectivity index (χ2n) is 3.65. The molecule has 0 saturated heterocycles. The van der Waals surface area contributed by atoms with Crippen molar-refractivity contribution in [2.24, 2.45) is 0 Å². The molecule has 0 fully saturated rings. The Hall–Kier alpha value is -1.44. The molecule has 20 heavy (non-hydrogen) atoms. The number of hydrogen-bond acceptors (Lipinski definition) is 3. The first kappa shape index (κ1) is 16.6. The van der Waals surface area contributed by atoms with Gasteiger partial charge in [-0.3, -0.25) is 4.79 Å². The molecule has 0 aliphatic carbocycles. The van der Waals surface area contributed by atoms with Gasteiger partial charge in [-0.25, -0.2) is 13.8 Å². The van der Waals surface area contributed by atoms with Crippen molar-refractivity contribution in [1.29, 1.82) is 0 Å². The number of carbonyl (C=O) groups is 1. The lowest BCUT2D eigenvalue weighted by Crippen LogP contribution is -2.15.